The Kier molecular flexibility index (Phi) is 6.41. The third-order valence-corrected chi connectivity index (χ3v) is 4.86. The molecule has 23 heavy (non-hydrogen) atoms. The highest BCUT2D eigenvalue weighted by Gasteiger charge is 2.22. The lowest BCUT2D eigenvalue weighted by Crippen LogP contribution is -2.46. The Labute approximate surface area is 140 Å². The molecule has 6 nitrogen and oxygen atoms in total. The van der Waals surface area contributed by atoms with Crippen molar-refractivity contribution in [3.05, 3.63) is 33.9 Å². The van der Waals surface area contributed by atoms with E-state index in [-0.39, 0.29) is 11.6 Å². The van der Waals surface area contributed by atoms with Crippen LogP contribution < -0.4 is 5.32 Å². The van der Waals surface area contributed by atoms with Crippen LogP contribution in [-0.4, -0.2) is 47.7 Å². The average molecular weight is 337 g/mol. The van der Waals surface area contributed by atoms with Crippen LogP contribution in [0.1, 0.15) is 30.6 Å². The summed E-state index contributed by atoms with van der Waals surface area (Å²) in [6.07, 6.45) is 1.00. The van der Waals surface area contributed by atoms with Gasteiger partial charge in [-0.1, -0.05) is 13.8 Å². The fourth-order valence-electron chi connectivity index (χ4n) is 2.37. The van der Waals surface area contributed by atoms with E-state index < -0.39 is 4.92 Å². The fourth-order valence-corrected chi connectivity index (χ4v) is 3.63. The number of carbonyl (C=O) groups excluding carboxylic acids is 1. The molecule has 126 valence electrons. The second-order valence-corrected chi connectivity index (χ2v) is 7.15. The minimum atomic E-state index is -0.397. The molecule has 1 aromatic rings. The molecule has 0 saturated carbocycles. The van der Waals surface area contributed by atoms with Crippen molar-refractivity contribution in [2.24, 2.45) is 5.92 Å². The molecule has 7 heteroatoms. The van der Waals surface area contributed by atoms with Gasteiger partial charge in [0.05, 0.1) is 9.82 Å². The highest BCUT2D eigenvalue weighted by molar-refractivity contribution is 7.99. The number of rotatable bonds is 6. The van der Waals surface area contributed by atoms with Crippen molar-refractivity contribution < 1.29 is 9.72 Å². The predicted octanol–water partition coefficient (Wildman–Crippen LogP) is 2.78. The molecule has 2 rings (SSSR count). The van der Waals surface area contributed by atoms with Crippen LogP contribution in [0.3, 0.4) is 0 Å². The van der Waals surface area contributed by atoms with Crippen LogP contribution in [0.4, 0.5) is 5.69 Å². The molecule has 1 heterocycles. The maximum atomic E-state index is 12.5. The summed E-state index contributed by atoms with van der Waals surface area (Å²) in [6.45, 7) is 7.05. The molecular formula is C16H23N3O3S. The highest BCUT2D eigenvalue weighted by Crippen LogP contribution is 2.31. The number of thioether (sulfide) groups is 1. The summed E-state index contributed by atoms with van der Waals surface area (Å²) in [6, 6.07) is 4.83. The van der Waals surface area contributed by atoms with Crippen molar-refractivity contribution in [3.8, 4) is 0 Å². The summed E-state index contributed by atoms with van der Waals surface area (Å²) in [5, 5.41) is 14.5. The first kappa shape index (κ1) is 17.7. The Morgan fingerprint density at radius 2 is 2.09 bits per heavy atom. The summed E-state index contributed by atoms with van der Waals surface area (Å²) in [4.78, 5) is 25.8. The van der Waals surface area contributed by atoms with E-state index in [9.17, 15) is 14.9 Å². The average Bonchev–Trinajstić information content (AvgIpc) is 2.54. The number of hydrogen-bond acceptors (Lipinski definition) is 5. The third kappa shape index (κ3) is 4.94. The van der Waals surface area contributed by atoms with Crippen LogP contribution in [0.15, 0.2) is 23.1 Å². The van der Waals surface area contributed by atoms with Gasteiger partial charge in [0.25, 0.3) is 11.6 Å². The second kappa shape index (κ2) is 8.31. The highest BCUT2D eigenvalue weighted by atomic mass is 32.2. The summed E-state index contributed by atoms with van der Waals surface area (Å²) in [7, 11) is 0. The molecule has 1 aliphatic heterocycles. The monoisotopic (exact) mass is 337 g/mol. The van der Waals surface area contributed by atoms with Crippen LogP contribution in [0.2, 0.25) is 0 Å². The quantitative estimate of drug-likeness (QED) is 0.491. The van der Waals surface area contributed by atoms with Gasteiger partial charge in [0.2, 0.25) is 0 Å². The topological polar surface area (TPSA) is 75.5 Å². The lowest BCUT2D eigenvalue weighted by atomic mass is 10.1. The molecule has 0 radical (unpaired) electrons. The van der Waals surface area contributed by atoms with Crippen LogP contribution in [0.25, 0.3) is 0 Å². The Balaban J connectivity index is 2.14. The maximum Gasteiger partial charge on any atom is 0.283 e. The zero-order valence-electron chi connectivity index (χ0n) is 13.6. The Morgan fingerprint density at radius 1 is 1.39 bits per heavy atom. The molecule has 1 aliphatic rings. The molecule has 0 bridgehead atoms. The number of hydrogen-bond donors (Lipinski definition) is 1. The number of nitrogens with zero attached hydrogens (tertiary/aromatic N) is 2. The van der Waals surface area contributed by atoms with Crippen molar-refractivity contribution in [2.45, 2.75) is 25.2 Å². The molecule has 0 atom stereocenters. The van der Waals surface area contributed by atoms with Crippen molar-refractivity contribution in [1.82, 2.24) is 10.2 Å². The Hall–Kier alpha value is -1.60. The predicted molar refractivity (Wildman–Crippen MR) is 92.0 cm³/mol. The smallest absolute Gasteiger partial charge is 0.283 e. The summed E-state index contributed by atoms with van der Waals surface area (Å²) in [5.74, 6) is 1.27. The summed E-state index contributed by atoms with van der Waals surface area (Å²) in [5.41, 5.74) is 0.423. The molecule has 0 aromatic heterocycles. The summed E-state index contributed by atoms with van der Waals surface area (Å²) < 4.78 is 0. The van der Waals surface area contributed by atoms with Crippen molar-refractivity contribution in [2.75, 3.05) is 31.9 Å². The van der Waals surface area contributed by atoms with Gasteiger partial charge in [-0.2, -0.15) is 0 Å². The second-order valence-electron chi connectivity index (χ2n) is 6.01. The van der Waals surface area contributed by atoms with E-state index in [1.165, 1.54) is 17.8 Å². The van der Waals surface area contributed by atoms with Crippen LogP contribution in [-0.2, 0) is 0 Å². The van der Waals surface area contributed by atoms with Gasteiger partial charge in [-0.15, -0.1) is 11.8 Å². The maximum absolute atomic E-state index is 12.5. The first-order valence-electron chi connectivity index (χ1n) is 7.90. The minimum Gasteiger partial charge on any atom is -0.336 e. The minimum absolute atomic E-state index is 0.0275. The van der Waals surface area contributed by atoms with E-state index in [0.29, 0.717) is 29.5 Å². The Bertz CT molecular complexity index is 572. The Morgan fingerprint density at radius 3 is 2.70 bits per heavy atom. The number of benzene rings is 1. The van der Waals surface area contributed by atoms with E-state index in [1.54, 1.807) is 17.0 Å². The largest absolute Gasteiger partial charge is 0.336 e. The van der Waals surface area contributed by atoms with Gasteiger partial charge in [0, 0.05) is 37.8 Å². The van der Waals surface area contributed by atoms with Crippen LogP contribution in [0.5, 0.6) is 0 Å². The van der Waals surface area contributed by atoms with Gasteiger partial charge in [-0.25, -0.2) is 0 Å². The zero-order chi connectivity index (χ0) is 16.8. The molecule has 0 spiro atoms. The van der Waals surface area contributed by atoms with E-state index in [4.69, 9.17) is 0 Å². The molecule has 1 N–H and O–H groups in total. The third-order valence-electron chi connectivity index (χ3n) is 3.76. The number of piperazine rings is 1. The van der Waals surface area contributed by atoms with E-state index in [0.717, 1.165) is 25.3 Å². The molecule has 0 aliphatic carbocycles. The number of carbonyl (C=O) groups is 1. The van der Waals surface area contributed by atoms with E-state index in [1.807, 2.05) is 0 Å². The number of nitrogens with one attached hydrogen (secondary N) is 1. The van der Waals surface area contributed by atoms with Crippen LogP contribution in [0, 0.1) is 16.0 Å². The summed E-state index contributed by atoms with van der Waals surface area (Å²) >= 11 is 1.48. The molecule has 1 amide bonds. The molecule has 1 saturated heterocycles. The van der Waals surface area contributed by atoms with Gasteiger partial charge >= 0.3 is 0 Å². The van der Waals surface area contributed by atoms with Gasteiger partial charge in [-0.3, -0.25) is 14.9 Å². The fraction of sp³-hybridized carbons (Fsp3) is 0.562. The standard InChI is InChI=1S/C16H23N3O3S/c1-12(2)5-10-23-15-4-3-13(11-14(15)19(21)22)16(20)18-8-6-17-7-9-18/h3-4,11-12,17H,5-10H2,1-2H3. The first-order valence-corrected chi connectivity index (χ1v) is 8.89. The first-order chi connectivity index (χ1) is 11.0. The van der Waals surface area contributed by atoms with E-state index in [2.05, 4.69) is 19.2 Å². The number of amides is 1. The molecular weight excluding hydrogens is 314 g/mol. The number of nitro benzene ring substituents is 1. The molecule has 1 aromatic carbocycles. The molecule has 0 unspecified atom stereocenters. The lowest BCUT2D eigenvalue weighted by molar-refractivity contribution is -0.387. The lowest BCUT2D eigenvalue weighted by Gasteiger charge is -2.27. The van der Waals surface area contributed by atoms with Gasteiger partial charge < -0.3 is 10.2 Å². The van der Waals surface area contributed by atoms with Gasteiger partial charge in [-0.05, 0) is 30.2 Å². The molecule has 1 fully saturated rings. The van der Waals surface area contributed by atoms with Crippen molar-refractivity contribution >= 4 is 23.4 Å². The normalized spacial score (nSPS) is 15.0. The van der Waals surface area contributed by atoms with Crippen molar-refractivity contribution in [1.29, 1.82) is 0 Å². The van der Waals surface area contributed by atoms with Crippen LogP contribution >= 0.6 is 11.8 Å². The van der Waals surface area contributed by atoms with Crippen molar-refractivity contribution in [3.63, 3.8) is 0 Å². The SMILES string of the molecule is CC(C)CCSc1ccc(C(=O)N2CCNCC2)cc1[N+](=O)[O-]. The van der Waals surface area contributed by atoms with Gasteiger partial charge in [0.1, 0.15) is 0 Å². The van der Waals surface area contributed by atoms with E-state index >= 15 is 0 Å². The number of nitro groups is 1. The zero-order valence-corrected chi connectivity index (χ0v) is 14.4. The van der Waals surface area contributed by atoms with Gasteiger partial charge in [0.15, 0.2) is 0 Å².